The van der Waals surface area contributed by atoms with Crippen LogP contribution in [0.4, 0.5) is 0 Å². The van der Waals surface area contributed by atoms with E-state index >= 15 is 0 Å². The minimum atomic E-state index is 0.331. The van der Waals surface area contributed by atoms with Gasteiger partial charge in [-0.1, -0.05) is 0 Å². The highest BCUT2D eigenvalue weighted by molar-refractivity contribution is 4.85. The summed E-state index contributed by atoms with van der Waals surface area (Å²) >= 11 is 0. The van der Waals surface area contributed by atoms with Gasteiger partial charge in [0.2, 0.25) is 0 Å². The zero-order chi connectivity index (χ0) is 9.10. The van der Waals surface area contributed by atoms with Gasteiger partial charge in [0.05, 0.1) is 6.61 Å². The number of aliphatic hydroxyl groups excluding tert-OH is 1. The van der Waals surface area contributed by atoms with Gasteiger partial charge in [0, 0.05) is 25.3 Å². The first-order valence-corrected chi connectivity index (χ1v) is 5.36. The zero-order valence-electron chi connectivity index (χ0n) is 8.11. The second-order valence-corrected chi connectivity index (χ2v) is 4.06. The van der Waals surface area contributed by atoms with E-state index in [9.17, 15) is 5.11 Å². The van der Waals surface area contributed by atoms with Crippen molar-refractivity contribution in [1.82, 2.24) is 4.90 Å². The fourth-order valence-corrected chi connectivity index (χ4v) is 2.55. The molecule has 1 N–H and O–H groups in total. The Labute approximate surface area is 79.7 Å². The topological polar surface area (TPSA) is 32.7 Å². The van der Waals surface area contributed by atoms with E-state index in [0.29, 0.717) is 18.7 Å². The first-order valence-electron chi connectivity index (χ1n) is 5.36. The summed E-state index contributed by atoms with van der Waals surface area (Å²) < 4.78 is 5.34. The van der Waals surface area contributed by atoms with Crippen LogP contribution in [-0.2, 0) is 4.74 Å². The molecule has 0 aromatic rings. The Morgan fingerprint density at radius 2 is 2.00 bits per heavy atom. The molecule has 1 atom stereocenters. The fraction of sp³-hybridized carbons (Fsp3) is 1.00. The molecule has 0 aliphatic carbocycles. The van der Waals surface area contributed by atoms with Crippen LogP contribution in [0.5, 0.6) is 0 Å². The third kappa shape index (κ3) is 2.03. The lowest BCUT2D eigenvalue weighted by molar-refractivity contribution is 0.0198. The first-order chi connectivity index (χ1) is 6.42. The van der Waals surface area contributed by atoms with Crippen LogP contribution in [0.2, 0.25) is 0 Å². The van der Waals surface area contributed by atoms with E-state index in [-0.39, 0.29) is 0 Å². The number of hydrogen-bond donors (Lipinski definition) is 1. The molecule has 2 rings (SSSR count). The van der Waals surface area contributed by atoms with Crippen molar-refractivity contribution >= 4 is 0 Å². The summed E-state index contributed by atoms with van der Waals surface area (Å²) in [5.41, 5.74) is 0. The molecule has 0 aromatic carbocycles. The van der Waals surface area contributed by atoms with Gasteiger partial charge in [0.15, 0.2) is 0 Å². The van der Waals surface area contributed by atoms with Crippen LogP contribution in [0.3, 0.4) is 0 Å². The quantitative estimate of drug-likeness (QED) is 0.684. The molecule has 0 saturated carbocycles. The molecule has 0 radical (unpaired) electrons. The molecular weight excluding hydrogens is 166 g/mol. The lowest BCUT2D eigenvalue weighted by Gasteiger charge is -2.34. The van der Waals surface area contributed by atoms with Crippen LogP contribution in [0.1, 0.15) is 25.7 Å². The van der Waals surface area contributed by atoms with Gasteiger partial charge in [-0.3, -0.25) is 4.90 Å². The summed E-state index contributed by atoms with van der Waals surface area (Å²) in [5.74, 6) is 0. The Hall–Kier alpha value is -0.120. The monoisotopic (exact) mass is 185 g/mol. The number of rotatable bonds is 2. The molecule has 13 heavy (non-hydrogen) atoms. The SMILES string of the molecule is OC[C@@H]1CCCN1C1CCOCC1. The highest BCUT2D eigenvalue weighted by atomic mass is 16.5. The third-order valence-electron chi connectivity index (χ3n) is 3.29. The van der Waals surface area contributed by atoms with E-state index in [2.05, 4.69) is 4.90 Å². The molecule has 2 aliphatic rings. The number of hydrogen-bond acceptors (Lipinski definition) is 3. The van der Waals surface area contributed by atoms with Gasteiger partial charge in [-0.25, -0.2) is 0 Å². The Morgan fingerprint density at radius 3 is 2.69 bits per heavy atom. The average Bonchev–Trinajstić information content (AvgIpc) is 2.67. The highest BCUT2D eigenvalue weighted by Gasteiger charge is 2.30. The summed E-state index contributed by atoms with van der Waals surface area (Å²) in [6, 6.07) is 1.11. The number of aliphatic hydroxyl groups is 1. The van der Waals surface area contributed by atoms with E-state index in [1.165, 1.54) is 19.4 Å². The number of likely N-dealkylation sites (tertiary alicyclic amines) is 1. The number of ether oxygens (including phenoxy) is 1. The van der Waals surface area contributed by atoms with Crippen molar-refractivity contribution in [2.75, 3.05) is 26.4 Å². The maximum atomic E-state index is 9.19. The molecule has 3 nitrogen and oxygen atoms in total. The molecular formula is C10H19NO2. The average molecular weight is 185 g/mol. The van der Waals surface area contributed by atoms with E-state index < -0.39 is 0 Å². The molecule has 76 valence electrons. The van der Waals surface area contributed by atoms with E-state index in [1.807, 2.05) is 0 Å². The normalized spacial score (nSPS) is 32.5. The minimum absolute atomic E-state index is 0.331. The van der Waals surface area contributed by atoms with Gasteiger partial charge in [0.1, 0.15) is 0 Å². The zero-order valence-corrected chi connectivity index (χ0v) is 8.11. The van der Waals surface area contributed by atoms with Crippen LogP contribution in [0, 0.1) is 0 Å². The van der Waals surface area contributed by atoms with Gasteiger partial charge >= 0.3 is 0 Å². The highest BCUT2D eigenvalue weighted by Crippen LogP contribution is 2.24. The first kappa shape index (κ1) is 9.44. The molecule has 0 bridgehead atoms. The van der Waals surface area contributed by atoms with E-state index in [4.69, 9.17) is 4.74 Å². The molecule has 2 heterocycles. The van der Waals surface area contributed by atoms with Crippen molar-refractivity contribution in [2.45, 2.75) is 37.8 Å². The Balaban J connectivity index is 1.90. The molecule has 0 amide bonds. The maximum Gasteiger partial charge on any atom is 0.0586 e. The maximum absolute atomic E-state index is 9.19. The summed E-state index contributed by atoms with van der Waals surface area (Å²) in [7, 11) is 0. The van der Waals surface area contributed by atoms with Crippen molar-refractivity contribution in [2.24, 2.45) is 0 Å². The lowest BCUT2D eigenvalue weighted by atomic mass is 10.1. The van der Waals surface area contributed by atoms with Gasteiger partial charge in [-0.15, -0.1) is 0 Å². The van der Waals surface area contributed by atoms with Crippen LogP contribution >= 0.6 is 0 Å². The Bertz CT molecular complexity index is 157. The summed E-state index contributed by atoms with van der Waals surface area (Å²) in [6.07, 6.45) is 4.73. The lowest BCUT2D eigenvalue weighted by Crippen LogP contribution is -2.43. The van der Waals surface area contributed by atoms with Crippen molar-refractivity contribution < 1.29 is 9.84 Å². The fourth-order valence-electron chi connectivity index (χ4n) is 2.55. The molecule has 2 saturated heterocycles. The van der Waals surface area contributed by atoms with Crippen molar-refractivity contribution in [3.63, 3.8) is 0 Å². The van der Waals surface area contributed by atoms with Crippen LogP contribution in [0.15, 0.2) is 0 Å². The summed E-state index contributed by atoms with van der Waals surface area (Å²) in [5, 5.41) is 9.19. The molecule has 2 fully saturated rings. The minimum Gasteiger partial charge on any atom is -0.395 e. The molecule has 0 aromatic heterocycles. The predicted octanol–water partition coefficient (Wildman–Crippen LogP) is 0.622. The van der Waals surface area contributed by atoms with Gasteiger partial charge in [0.25, 0.3) is 0 Å². The number of nitrogens with zero attached hydrogens (tertiary/aromatic N) is 1. The van der Waals surface area contributed by atoms with Gasteiger partial charge < -0.3 is 9.84 Å². The molecule has 2 aliphatic heterocycles. The second kappa shape index (κ2) is 4.40. The Morgan fingerprint density at radius 1 is 1.23 bits per heavy atom. The van der Waals surface area contributed by atoms with E-state index in [1.54, 1.807) is 0 Å². The molecule has 0 unspecified atom stereocenters. The smallest absolute Gasteiger partial charge is 0.0586 e. The van der Waals surface area contributed by atoms with Crippen LogP contribution in [-0.4, -0.2) is 48.5 Å². The summed E-state index contributed by atoms with van der Waals surface area (Å²) in [6.45, 7) is 3.31. The van der Waals surface area contributed by atoms with Crippen molar-refractivity contribution in [3.05, 3.63) is 0 Å². The largest absolute Gasteiger partial charge is 0.395 e. The van der Waals surface area contributed by atoms with Crippen LogP contribution in [0.25, 0.3) is 0 Å². The third-order valence-corrected chi connectivity index (χ3v) is 3.29. The second-order valence-electron chi connectivity index (χ2n) is 4.06. The van der Waals surface area contributed by atoms with Gasteiger partial charge in [-0.2, -0.15) is 0 Å². The molecule has 0 spiro atoms. The van der Waals surface area contributed by atoms with Crippen molar-refractivity contribution in [3.8, 4) is 0 Å². The standard InChI is InChI=1S/C10H19NO2/c12-8-10-2-1-5-11(10)9-3-6-13-7-4-9/h9-10,12H,1-8H2/t10-/m0/s1. The van der Waals surface area contributed by atoms with Gasteiger partial charge in [-0.05, 0) is 32.2 Å². The summed E-state index contributed by atoms with van der Waals surface area (Å²) in [4.78, 5) is 2.49. The van der Waals surface area contributed by atoms with E-state index in [0.717, 1.165) is 26.1 Å². The van der Waals surface area contributed by atoms with Crippen LogP contribution < -0.4 is 0 Å². The Kier molecular flexibility index (Phi) is 3.19. The molecule has 3 heteroatoms. The van der Waals surface area contributed by atoms with Crippen molar-refractivity contribution in [1.29, 1.82) is 0 Å². The predicted molar refractivity (Wildman–Crippen MR) is 50.7 cm³/mol.